The maximum atomic E-state index is 13.1. The molecule has 1 fully saturated rings. The van der Waals surface area contributed by atoms with Crippen LogP contribution in [0.5, 0.6) is 5.75 Å². The van der Waals surface area contributed by atoms with Crippen molar-refractivity contribution in [3.63, 3.8) is 0 Å². The third kappa shape index (κ3) is 5.04. The summed E-state index contributed by atoms with van der Waals surface area (Å²) < 4.78 is 11.9. The first-order chi connectivity index (χ1) is 14.1. The maximum Gasteiger partial charge on any atom is 0.239 e. The Kier molecular flexibility index (Phi) is 6.60. The second-order valence-electron chi connectivity index (χ2n) is 6.71. The van der Waals surface area contributed by atoms with Crippen molar-refractivity contribution < 1.29 is 14.3 Å². The lowest BCUT2D eigenvalue weighted by Crippen LogP contribution is -2.38. The number of nitrogens with zero attached hydrogens (tertiary/aromatic N) is 2. The number of halogens is 1. The number of carbonyl (C=O) groups excluding carboxylic acids is 1. The highest BCUT2D eigenvalue weighted by atomic mass is 35.5. The zero-order valence-corrected chi connectivity index (χ0v) is 18.4. The average Bonchev–Trinajstić information content (AvgIpc) is 3.39. The summed E-state index contributed by atoms with van der Waals surface area (Å²) in [6, 6.07) is 13.3. The van der Waals surface area contributed by atoms with Crippen molar-refractivity contribution in [3.8, 4) is 5.75 Å². The molecule has 1 aromatic heterocycles. The first kappa shape index (κ1) is 20.5. The second-order valence-corrected chi connectivity index (χ2v) is 9.21. The molecule has 4 rings (SSSR count). The van der Waals surface area contributed by atoms with Crippen molar-refractivity contribution in [1.29, 1.82) is 0 Å². The van der Waals surface area contributed by atoms with Crippen molar-refractivity contribution in [2.75, 3.05) is 30.9 Å². The lowest BCUT2D eigenvalue weighted by molar-refractivity contribution is -0.116. The van der Waals surface area contributed by atoms with Crippen molar-refractivity contribution in [1.82, 2.24) is 4.98 Å². The van der Waals surface area contributed by atoms with Gasteiger partial charge in [0.05, 0.1) is 35.7 Å². The van der Waals surface area contributed by atoms with Crippen LogP contribution in [0.1, 0.15) is 12.8 Å². The summed E-state index contributed by atoms with van der Waals surface area (Å²) in [6.07, 6.45) is 2.05. The summed E-state index contributed by atoms with van der Waals surface area (Å²) in [5, 5.41) is 1.36. The van der Waals surface area contributed by atoms with Crippen molar-refractivity contribution in [3.05, 3.63) is 47.5 Å². The Labute approximate surface area is 183 Å². The third-order valence-corrected chi connectivity index (χ3v) is 6.98. The number of hydrogen-bond acceptors (Lipinski definition) is 6. The average molecular weight is 449 g/mol. The molecule has 1 unspecified atom stereocenters. The number of amides is 1. The topological polar surface area (TPSA) is 51.7 Å². The fourth-order valence-electron chi connectivity index (χ4n) is 3.18. The number of hydrogen-bond donors (Lipinski definition) is 0. The number of benzene rings is 2. The number of thioether (sulfide) groups is 1. The Balaban J connectivity index is 1.52. The Hall–Kier alpha value is -1.80. The quantitative estimate of drug-likeness (QED) is 0.461. The van der Waals surface area contributed by atoms with E-state index in [9.17, 15) is 4.79 Å². The molecule has 29 heavy (non-hydrogen) atoms. The van der Waals surface area contributed by atoms with Crippen molar-refractivity contribution in [2.45, 2.75) is 23.8 Å². The monoisotopic (exact) mass is 448 g/mol. The number of thiazole rings is 1. The Morgan fingerprint density at radius 1 is 1.34 bits per heavy atom. The van der Waals surface area contributed by atoms with E-state index in [1.165, 1.54) is 23.1 Å². The minimum absolute atomic E-state index is 0.0199. The van der Waals surface area contributed by atoms with E-state index >= 15 is 0 Å². The van der Waals surface area contributed by atoms with Crippen LogP contribution in [-0.4, -0.2) is 43.0 Å². The Morgan fingerprint density at radius 3 is 2.90 bits per heavy atom. The zero-order valence-electron chi connectivity index (χ0n) is 16.0. The number of anilines is 1. The first-order valence-corrected chi connectivity index (χ1v) is 11.6. The van der Waals surface area contributed by atoms with Crippen LogP contribution >= 0.6 is 34.7 Å². The van der Waals surface area contributed by atoms with Crippen molar-refractivity contribution >= 4 is 56.0 Å². The minimum Gasteiger partial charge on any atom is -0.497 e. The van der Waals surface area contributed by atoms with E-state index in [0.29, 0.717) is 22.5 Å². The number of methoxy groups -OCH3 is 1. The van der Waals surface area contributed by atoms with E-state index in [2.05, 4.69) is 4.98 Å². The van der Waals surface area contributed by atoms with Gasteiger partial charge in [0.2, 0.25) is 5.91 Å². The summed E-state index contributed by atoms with van der Waals surface area (Å²) in [7, 11) is 1.64. The molecule has 1 amide bonds. The lowest BCUT2D eigenvalue weighted by Gasteiger charge is -2.23. The summed E-state index contributed by atoms with van der Waals surface area (Å²) >= 11 is 9.10. The van der Waals surface area contributed by atoms with Crippen LogP contribution in [0.2, 0.25) is 5.02 Å². The highest BCUT2D eigenvalue weighted by molar-refractivity contribution is 8.00. The van der Waals surface area contributed by atoms with Gasteiger partial charge in [0.1, 0.15) is 5.75 Å². The predicted molar refractivity (Wildman–Crippen MR) is 120 cm³/mol. The number of fused-ring (bicyclic) bond motifs is 1. The largest absolute Gasteiger partial charge is 0.497 e. The molecule has 0 radical (unpaired) electrons. The molecule has 8 heteroatoms. The van der Waals surface area contributed by atoms with E-state index in [1.807, 2.05) is 42.5 Å². The van der Waals surface area contributed by atoms with E-state index < -0.39 is 0 Å². The van der Waals surface area contributed by atoms with Gasteiger partial charge >= 0.3 is 0 Å². The number of carbonyl (C=O) groups is 1. The Bertz CT molecular complexity index is 987. The van der Waals surface area contributed by atoms with E-state index in [-0.39, 0.29) is 12.0 Å². The van der Waals surface area contributed by atoms with Crippen LogP contribution < -0.4 is 9.64 Å². The van der Waals surface area contributed by atoms with Crippen molar-refractivity contribution in [2.24, 2.45) is 0 Å². The smallest absolute Gasteiger partial charge is 0.239 e. The fraction of sp³-hybridized carbons (Fsp3) is 0.333. The van der Waals surface area contributed by atoms with Crippen LogP contribution in [0, 0.1) is 0 Å². The van der Waals surface area contributed by atoms with Gasteiger partial charge in [-0.05, 0) is 55.3 Å². The molecule has 1 atom stereocenters. The van der Waals surface area contributed by atoms with E-state index in [4.69, 9.17) is 21.1 Å². The summed E-state index contributed by atoms with van der Waals surface area (Å²) in [6.45, 7) is 1.28. The molecule has 2 aromatic carbocycles. The van der Waals surface area contributed by atoms with Crippen LogP contribution in [-0.2, 0) is 9.53 Å². The maximum absolute atomic E-state index is 13.1. The third-order valence-electron chi connectivity index (χ3n) is 4.70. The van der Waals surface area contributed by atoms with Gasteiger partial charge in [-0.2, -0.15) is 0 Å². The first-order valence-electron chi connectivity index (χ1n) is 9.37. The fourth-order valence-corrected chi connectivity index (χ4v) is 5.22. The SMILES string of the molecule is COc1ccc(SCC(=O)N(CC2CCCO2)c2nc3ccc(Cl)cc3s2)cc1. The molecule has 1 saturated heterocycles. The van der Waals surface area contributed by atoms with Crippen LogP contribution in [0.15, 0.2) is 47.4 Å². The zero-order chi connectivity index (χ0) is 20.2. The second kappa shape index (κ2) is 9.34. The molecule has 0 spiro atoms. The highest BCUT2D eigenvalue weighted by Crippen LogP contribution is 2.32. The van der Waals surface area contributed by atoms with Gasteiger partial charge in [-0.25, -0.2) is 4.98 Å². The molecule has 0 bridgehead atoms. The van der Waals surface area contributed by atoms with E-state index in [0.717, 1.165) is 40.3 Å². The predicted octanol–water partition coefficient (Wildman–Crippen LogP) is 5.26. The van der Waals surface area contributed by atoms with E-state index in [1.54, 1.807) is 12.0 Å². The molecule has 5 nitrogen and oxygen atoms in total. The number of aromatic nitrogens is 1. The molecule has 0 aliphatic carbocycles. The van der Waals surface area contributed by atoms with Gasteiger partial charge < -0.3 is 9.47 Å². The van der Waals surface area contributed by atoms with Gasteiger partial charge in [-0.3, -0.25) is 9.69 Å². The molecule has 0 N–H and O–H groups in total. The van der Waals surface area contributed by atoms with Gasteiger partial charge in [-0.1, -0.05) is 22.9 Å². The minimum atomic E-state index is 0.0199. The molecule has 1 aliphatic rings. The normalized spacial score (nSPS) is 16.3. The molecule has 0 saturated carbocycles. The van der Waals surface area contributed by atoms with Crippen LogP contribution in [0.3, 0.4) is 0 Å². The summed E-state index contributed by atoms with van der Waals surface area (Å²) in [5.41, 5.74) is 0.849. The summed E-state index contributed by atoms with van der Waals surface area (Å²) in [4.78, 5) is 20.6. The molecule has 1 aliphatic heterocycles. The number of ether oxygens (including phenoxy) is 2. The Morgan fingerprint density at radius 2 is 2.17 bits per heavy atom. The van der Waals surface area contributed by atoms with Gasteiger partial charge in [0.15, 0.2) is 5.13 Å². The van der Waals surface area contributed by atoms with Crippen LogP contribution in [0.25, 0.3) is 10.2 Å². The molecule has 3 aromatic rings. The highest BCUT2D eigenvalue weighted by Gasteiger charge is 2.26. The number of rotatable bonds is 7. The molecular formula is C21H21ClN2O3S2. The molecular weight excluding hydrogens is 428 g/mol. The standard InChI is InChI=1S/C21H21ClN2O3S2/c1-26-15-5-7-17(8-6-15)28-13-20(25)24(12-16-3-2-10-27-16)21-23-18-9-4-14(22)11-19(18)29-21/h4-9,11,16H,2-3,10,12-13H2,1H3. The van der Waals surface area contributed by atoms with Crippen LogP contribution in [0.4, 0.5) is 5.13 Å². The van der Waals surface area contributed by atoms with Gasteiger partial charge in [-0.15, -0.1) is 11.8 Å². The summed E-state index contributed by atoms with van der Waals surface area (Å²) in [5.74, 6) is 1.15. The van der Waals surface area contributed by atoms with Gasteiger partial charge in [0.25, 0.3) is 0 Å². The molecule has 2 heterocycles. The molecule has 152 valence electrons. The lowest BCUT2D eigenvalue weighted by atomic mass is 10.2. The van der Waals surface area contributed by atoms with Gasteiger partial charge in [0, 0.05) is 16.5 Å².